The zero-order chi connectivity index (χ0) is 39.3. The lowest BCUT2D eigenvalue weighted by Crippen LogP contribution is -2.60. The third-order valence-electron chi connectivity index (χ3n) is 12.0. The molecular weight excluding hydrogens is 772 g/mol. The Hall–Kier alpha value is -4.53. The van der Waals surface area contributed by atoms with Crippen molar-refractivity contribution in [3.8, 4) is 11.5 Å². The van der Waals surface area contributed by atoms with Crippen LogP contribution in [0, 0.1) is 46.8 Å². The SMILES string of the molecule is COc1ccc([C@H]2C3=CC[C@@H]4C(=O)N(C5CCN(Cc6ccccc6)CC5)C(=O)[C@@H]4[C@@H]3C[C@@]3(Cl)C(=O)N(c4c(F)c(F)c(F)c(F)c4F)C(=O)[C@@]23Cl)cc1O. The number of ether oxygens (including phenoxy) is 1. The van der Waals surface area contributed by atoms with Crippen LogP contribution in [0.1, 0.15) is 42.7 Å². The van der Waals surface area contributed by atoms with Gasteiger partial charge in [0, 0.05) is 31.6 Å². The fourth-order valence-electron chi connectivity index (χ4n) is 9.39. The third kappa shape index (κ3) is 5.27. The van der Waals surface area contributed by atoms with Gasteiger partial charge in [-0.25, -0.2) is 26.9 Å². The monoisotopic (exact) mass is 803 g/mol. The molecule has 4 fully saturated rings. The van der Waals surface area contributed by atoms with Gasteiger partial charge in [0.05, 0.1) is 18.9 Å². The minimum atomic E-state index is -2.70. The van der Waals surface area contributed by atoms with Gasteiger partial charge in [-0.1, -0.05) is 48.0 Å². The number of halogens is 7. The van der Waals surface area contributed by atoms with Gasteiger partial charge in [0.15, 0.2) is 44.5 Å². The lowest BCUT2D eigenvalue weighted by Gasteiger charge is -2.50. The number of aromatic hydroxyl groups is 1. The number of methoxy groups -OCH3 is 1. The summed E-state index contributed by atoms with van der Waals surface area (Å²) in [5.74, 6) is -21.3. The quantitative estimate of drug-likeness (QED) is 0.0777. The van der Waals surface area contributed by atoms with Crippen molar-refractivity contribution in [1.82, 2.24) is 9.80 Å². The van der Waals surface area contributed by atoms with Gasteiger partial charge in [0.25, 0.3) is 11.8 Å². The number of piperidine rings is 1. The second-order valence-electron chi connectivity index (χ2n) is 14.7. The van der Waals surface area contributed by atoms with Gasteiger partial charge in [-0.15, -0.1) is 23.2 Å². The van der Waals surface area contributed by atoms with Crippen LogP contribution in [0.25, 0.3) is 0 Å². The molecule has 55 heavy (non-hydrogen) atoms. The Morgan fingerprint density at radius 1 is 0.836 bits per heavy atom. The van der Waals surface area contributed by atoms with Gasteiger partial charge in [-0.05, 0) is 54.9 Å². The molecule has 0 unspecified atom stereocenters. The lowest BCUT2D eigenvalue weighted by molar-refractivity contribution is -0.144. The highest BCUT2D eigenvalue weighted by molar-refractivity contribution is 6.58. The molecule has 288 valence electrons. The van der Waals surface area contributed by atoms with E-state index in [1.54, 1.807) is 6.08 Å². The van der Waals surface area contributed by atoms with Gasteiger partial charge in [0.2, 0.25) is 17.6 Å². The van der Waals surface area contributed by atoms with Crippen LogP contribution in [0.3, 0.4) is 0 Å². The number of allylic oxidation sites excluding steroid dienone is 2. The van der Waals surface area contributed by atoms with Gasteiger partial charge in [-0.2, -0.15) is 0 Å². The Kier molecular flexibility index (Phi) is 9.05. The number of amides is 4. The molecule has 3 saturated heterocycles. The van der Waals surface area contributed by atoms with Crippen LogP contribution in [-0.4, -0.2) is 74.5 Å². The number of carbonyl (C=O) groups is 4. The number of nitrogens with zero attached hydrogens (tertiary/aromatic N) is 3. The van der Waals surface area contributed by atoms with E-state index in [-0.39, 0.29) is 28.2 Å². The molecule has 2 aliphatic carbocycles. The number of benzene rings is 3. The average Bonchev–Trinajstić information content (AvgIpc) is 3.51. The second-order valence-corrected chi connectivity index (χ2v) is 15.9. The highest BCUT2D eigenvalue weighted by Gasteiger charge is 2.77. The molecule has 4 amide bonds. The maximum atomic E-state index is 15.3. The topological polar surface area (TPSA) is 107 Å². The molecule has 3 aliphatic heterocycles. The number of rotatable bonds is 6. The van der Waals surface area contributed by atoms with Gasteiger partial charge in [0.1, 0.15) is 5.69 Å². The Labute approximate surface area is 321 Å². The van der Waals surface area contributed by atoms with E-state index in [0.29, 0.717) is 32.5 Å². The van der Waals surface area contributed by atoms with Crippen LogP contribution in [0.15, 0.2) is 60.2 Å². The Bertz CT molecular complexity index is 2170. The first kappa shape index (κ1) is 37.4. The summed E-state index contributed by atoms with van der Waals surface area (Å²) < 4.78 is 78.9. The van der Waals surface area contributed by atoms with Gasteiger partial charge in [-0.3, -0.25) is 29.0 Å². The van der Waals surface area contributed by atoms with E-state index < -0.39 is 110 Å². The molecule has 5 aliphatic rings. The molecule has 0 radical (unpaired) electrons. The van der Waals surface area contributed by atoms with Crippen molar-refractivity contribution in [2.24, 2.45) is 17.8 Å². The van der Waals surface area contributed by atoms with E-state index in [2.05, 4.69) is 4.90 Å². The number of hydrogen-bond acceptors (Lipinski definition) is 7. The van der Waals surface area contributed by atoms with Crippen molar-refractivity contribution in [3.63, 3.8) is 0 Å². The highest BCUT2D eigenvalue weighted by atomic mass is 35.5. The molecule has 3 heterocycles. The van der Waals surface area contributed by atoms with Crippen molar-refractivity contribution in [2.75, 3.05) is 25.1 Å². The summed E-state index contributed by atoms with van der Waals surface area (Å²) in [5.41, 5.74) is -0.380. The number of alkyl halides is 2. The van der Waals surface area contributed by atoms with Crippen molar-refractivity contribution < 1.29 is 51.0 Å². The smallest absolute Gasteiger partial charge is 0.258 e. The Morgan fingerprint density at radius 2 is 1.47 bits per heavy atom. The lowest BCUT2D eigenvalue weighted by atomic mass is 9.56. The maximum Gasteiger partial charge on any atom is 0.258 e. The van der Waals surface area contributed by atoms with E-state index in [0.717, 1.165) is 5.56 Å². The number of likely N-dealkylation sites (tertiary alicyclic amines) is 2. The molecule has 6 atom stereocenters. The minimum Gasteiger partial charge on any atom is -0.504 e. The first-order valence-corrected chi connectivity index (χ1v) is 18.4. The standard InChI is InChI=1S/C39H32Cl2F5N3O6/c1-55-25-10-7-19(15-24(25)50)27-21-8-9-22-26(35(52)48(34(22)51)20-11-13-47(14-12-20)17-18-5-3-2-4-6-18)23(21)16-38(40)36(53)49(37(54)39(27,38)41)33-31(45)29(43)28(42)30(44)32(33)46/h2-8,10,15,20,22-23,26-27,50H,9,11-14,16-17H2,1H3/t22-,23+,26-,27-,38+,39-/m0/s1. The Morgan fingerprint density at radius 3 is 2.09 bits per heavy atom. The number of phenols is 1. The molecule has 3 aromatic carbocycles. The third-order valence-corrected chi connectivity index (χ3v) is 13.4. The number of anilines is 1. The van der Waals surface area contributed by atoms with E-state index in [1.807, 2.05) is 30.3 Å². The van der Waals surface area contributed by atoms with E-state index >= 15 is 8.78 Å². The molecule has 1 N–H and O–H groups in total. The summed E-state index contributed by atoms with van der Waals surface area (Å²) in [7, 11) is 1.28. The van der Waals surface area contributed by atoms with E-state index in [9.17, 15) is 37.5 Å². The number of carbonyl (C=O) groups excluding carboxylic acids is 4. The fourth-order valence-corrected chi connectivity index (χ4v) is 10.3. The van der Waals surface area contributed by atoms with Crippen molar-refractivity contribution in [3.05, 3.63) is 100 Å². The van der Waals surface area contributed by atoms with Gasteiger partial charge >= 0.3 is 0 Å². The van der Waals surface area contributed by atoms with Crippen LogP contribution < -0.4 is 9.64 Å². The van der Waals surface area contributed by atoms with Crippen LogP contribution in [0.4, 0.5) is 27.6 Å². The van der Waals surface area contributed by atoms with Crippen molar-refractivity contribution in [1.29, 1.82) is 0 Å². The first-order valence-electron chi connectivity index (χ1n) is 17.6. The van der Waals surface area contributed by atoms with Crippen LogP contribution in [-0.2, 0) is 25.7 Å². The number of imide groups is 2. The highest BCUT2D eigenvalue weighted by Crippen LogP contribution is 2.66. The summed E-state index contributed by atoms with van der Waals surface area (Å²) in [5, 5.41) is 10.8. The molecule has 1 saturated carbocycles. The molecule has 0 spiro atoms. The number of hydrogen-bond donors (Lipinski definition) is 1. The molecule has 3 aromatic rings. The zero-order valence-electron chi connectivity index (χ0n) is 29.0. The number of phenolic OH excluding ortho intramolecular Hbond substituents is 1. The molecule has 0 aromatic heterocycles. The van der Waals surface area contributed by atoms with Crippen molar-refractivity contribution in [2.45, 2.75) is 53.9 Å². The summed E-state index contributed by atoms with van der Waals surface area (Å²) >= 11 is 14.4. The van der Waals surface area contributed by atoms with E-state index in [1.165, 1.54) is 30.2 Å². The zero-order valence-corrected chi connectivity index (χ0v) is 30.5. The molecule has 16 heteroatoms. The normalized spacial score (nSPS) is 29.7. The fraction of sp³-hybridized carbons (Fsp3) is 0.385. The van der Waals surface area contributed by atoms with E-state index in [4.69, 9.17) is 27.9 Å². The minimum absolute atomic E-state index is 0.00781. The van der Waals surface area contributed by atoms with Crippen LogP contribution in [0.5, 0.6) is 11.5 Å². The maximum absolute atomic E-state index is 15.3. The second kappa shape index (κ2) is 13.3. The average molecular weight is 805 g/mol. The Balaban J connectivity index is 1.19. The summed E-state index contributed by atoms with van der Waals surface area (Å²) in [6.45, 7) is 1.93. The van der Waals surface area contributed by atoms with Crippen LogP contribution in [0.2, 0.25) is 0 Å². The first-order chi connectivity index (χ1) is 26.1. The summed E-state index contributed by atoms with van der Waals surface area (Å²) in [4.78, 5) is 55.4. The predicted molar refractivity (Wildman–Crippen MR) is 188 cm³/mol. The number of fused-ring (bicyclic) bond motifs is 4. The predicted octanol–water partition coefficient (Wildman–Crippen LogP) is 6.32. The van der Waals surface area contributed by atoms with Crippen molar-refractivity contribution >= 4 is 52.5 Å². The van der Waals surface area contributed by atoms with Crippen LogP contribution >= 0.6 is 23.2 Å². The largest absolute Gasteiger partial charge is 0.504 e. The van der Waals surface area contributed by atoms with Gasteiger partial charge < -0.3 is 9.84 Å². The molecule has 8 rings (SSSR count). The summed E-state index contributed by atoms with van der Waals surface area (Å²) in [6, 6.07) is 13.3. The molecular formula is C39H32Cl2F5N3O6. The molecule has 0 bridgehead atoms. The molecule has 9 nitrogen and oxygen atoms in total. The summed E-state index contributed by atoms with van der Waals surface area (Å²) in [6.07, 6.45) is 2.05.